The first-order valence-corrected chi connectivity index (χ1v) is 9.11. The van der Waals surface area contributed by atoms with Crippen molar-refractivity contribution in [3.8, 4) is 0 Å². The van der Waals surface area contributed by atoms with Crippen molar-refractivity contribution in [3.63, 3.8) is 0 Å². The Morgan fingerprint density at radius 1 is 1.00 bits per heavy atom. The number of hydrogen-bond donors (Lipinski definition) is 0. The first-order valence-electron chi connectivity index (χ1n) is 5.25. The third-order valence-corrected chi connectivity index (χ3v) is 3.43. The molecule has 0 aromatic heterocycles. The van der Waals surface area contributed by atoms with Gasteiger partial charge in [0.2, 0.25) is 0 Å². The van der Waals surface area contributed by atoms with E-state index in [1.807, 2.05) is 0 Å². The maximum atomic E-state index is 9.08. The van der Waals surface area contributed by atoms with Gasteiger partial charge in [-0.25, -0.2) is 8.42 Å². The Hall–Kier alpha value is -1.04. The van der Waals surface area contributed by atoms with E-state index in [-0.39, 0.29) is 0 Å². The maximum Gasteiger partial charge on any atom is 0.162 e. The lowest BCUT2D eigenvalue weighted by Crippen LogP contribution is -1.95. The monoisotopic (exact) mass is 284 g/mol. The molecule has 0 saturated carbocycles. The van der Waals surface area contributed by atoms with Gasteiger partial charge in [0.15, 0.2) is 4.90 Å². The lowest BCUT2D eigenvalue weighted by atomic mass is 10.1. The summed E-state index contributed by atoms with van der Waals surface area (Å²) < 4.78 is 27.2. The lowest BCUT2D eigenvalue weighted by Gasteiger charge is -2.01. The van der Waals surface area contributed by atoms with Crippen LogP contribution < -0.4 is 0 Å². The third kappa shape index (κ3) is 5.08. The van der Waals surface area contributed by atoms with Crippen LogP contribution in [0.2, 0.25) is 0 Å². The molecule has 5 heteroatoms. The molecule has 0 fully saturated rings. The molecule has 0 aliphatic carbocycles. The van der Waals surface area contributed by atoms with Gasteiger partial charge in [-0.15, -0.1) is 0 Å². The smallest absolute Gasteiger partial charge is 0.162 e. The highest BCUT2D eigenvalue weighted by Gasteiger charge is 2.11. The molecule has 3 nitrogen and oxygen atoms in total. The normalized spacial score (nSPS) is 11.2. The van der Waals surface area contributed by atoms with Crippen LogP contribution in [-0.2, 0) is 21.0 Å². The standard InChI is InChI=1S/C12H13S.CH4O3S/c1-13(2)12-9-5-7-10-6-3-4-8-11(10)12;1-5(2,3)4/h3-9H,1-2H3;1H3,(H,2,3,4)/q+1;/p-1. The molecule has 0 aliphatic rings. The van der Waals surface area contributed by atoms with Gasteiger partial charge in [-0.05, 0) is 17.5 Å². The van der Waals surface area contributed by atoms with Crippen LogP contribution in [0, 0.1) is 0 Å². The zero-order chi connectivity index (χ0) is 13.8. The first-order chi connectivity index (χ1) is 8.29. The quantitative estimate of drug-likeness (QED) is 0.596. The molecule has 2 aromatic carbocycles. The summed E-state index contributed by atoms with van der Waals surface area (Å²) in [5, 5.41) is 2.75. The molecule has 0 spiro atoms. The largest absolute Gasteiger partial charge is 0.748 e. The van der Waals surface area contributed by atoms with Gasteiger partial charge in [0, 0.05) is 22.5 Å². The summed E-state index contributed by atoms with van der Waals surface area (Å²) in [5.41, 5.74) is 0. The fourth-order valence-electron chi connectivity index (χ4n) is 1.55. The van der Waals surface area contributed by atoms with Gasteiger partial charge in [-0.2, -0.15) is 0 Å². The molecule has 0 saturated heterocycles. The molecule has 98 valence electrons. The Kier molecular flexibility index (Phi) is 5.19. The molecule has 2 aromatic rings. The molecule has 0 aliphatic heterocycles. The SMILES string of the molecule is CS(=O)(=O)[O-].C[S+](C)c1cccc2ccccc12. The maximum absolute atomic E-state index is 9.08. The minimum Gasteiger partial charge on any atom is -0.748 e. The molecular formula is C13H16O3S2. The van der Waals surface area contributed by atoms with E-state index < -0.39 is 10.1 Å². The van der Waals surface area contributed by atoms with Crippen LogP contribution in [0.4, 0.5) is 0 Å². The Labute approximate surface area is 111 Å². The predicted octanol–water partition coefficient (Wildman–Crippen LogP) is 2.24. The first kappa shape index (κ1) is 15.0. The molecular weight excluding hydrogens is 268 g/mol. The van der Waals surface area contributed by atoms with Crippen LogP contribution in [0.5, 0.6) is 0 Å². The van der Waals surface area contributed by atoms with Crippen LogP contribution in [-0.4, -0.2) is 31.7 Å². The molecule has 18 heavy (non-hydrogen) atoms. The second-order valence-corrected chi connectivity index (χ2v) is 7.48. The van der Waals surface area contributed by atoms with Gasteiger partial charge in [0.1, 0.15) is 12.5 Å². The van der Waals surface area contributed by atoms with E-state index in [4.69, 9.17) is 13.0 Å². The van der Waals surface area contributed by atoms with Crippen molar-refractivity contribution < 1.29 is 13.0 Å². The van der Waals surface area contributed by atoms with Gasteiger partial charge < -0.3 is 4.55 Å². The van der Waals surface area contributed by atoms with Gasteiger partial charge in [0.05, 0.1) is 10.1 Å². The summed E-state index contributed by atoms with van der Waals surface area (Å²) in [4.78, 5) is 1.47. The highest BCUT2D eigenvalue weighted by Crippen LogP contribution is 2.22. The second kappa shape index (κ2) is 6.22. The predicted molar refractivity (Wildman–Crippen MR) is 77.0 cm³/mol. The summed E-state index contributed by atoms with van der Waals surface area (Å²) >= 11 is 0. The van der Waals surface area contributed by atoms with E-state index in [9.17, 15) is 0 Å². The minimum atomic E-state index is -3.92. The van der Waals surface area contributed by atoms with E-state index in [2.05, 4.69) is 55.0 Å². The van der Waals surface area contributed by atoms with E-state index in [0.717, 1.165) is 0 Å². The van der Waals surface area contributed by atoms with E-state index in [0.29, 0.717) is 17.2 Å². The van der Waals surface area contributed by atoms with Crippen molar-refractivity contribution in [2.75, 3.05) is 18.8 Å². The van der Waals surface area contributed by atoms with Crippen LogP contribution in [0.15, 0.2) is 47.4 Å². The molecule has 0 bridgehead atoms. The van der Waals surface area contributed by atoms with Crippen molar-refractivity contribution in [3.05, 3.63) is 42.5 Å². The Balaban J connectivity index is 0.000000280. The van der Waals surface area contributed by atoms with Crippen LogP contribution in [0.1, 0.15) is 0 Å². The summed E-state index contributed by atoms with van der Waals surface area (Å²) in [6, 6.07) is 15.1. The minimum absolute atomic E-state index is 0.346. The van der Waals surface area contributed by atoms with Gasteiger partial charge in [-0.3, -0.25) is 0 Å². The fraction of sp³-hybridized carbons (Fsp3) is 0.231. The zero-order valence-electron chi connectivity index (χ0n) is 10.6. The Bertz CT molecular complexity index is 606. The molecule has 0 N–H and O–H groups in total. The van der Waals surface area contributed by atoms with Crippen molar-refractivity contribution in [1.82, 2.24) is 0 Å². The summed E-state index contributed by atoms with van der Waals surface area (Å²) in [7, 11) is -3.57. The van der Waals surface area contributed by atoms with Gasteiger partial charge in [0.25, 0.3) is 0 Å². The van der Waals surface area contributed by atoms with Crippen molar-refractivity contribution in [2.24, 2.45) is 0 Å². The number of hydrogen-bond acceptors (Lipinski definition) is 3. The summed E-state index contributed by atoms with van der Waals surface area (Å²) in [6.07, 6.45) is 5.14. The molecule has 0 atom stereocenters. The Morgan fingerprint density at radius 2 is 1.50 bits per heavy atom. The van der Waals surface area contributed by atoms with Crippen LogP contribution in [0.25, 0.3) is 10.8 Å². The number of rotatable bonds is 1. The van der Waals surface area contributed by atoms with E-state index in [1.165, 1.54) is 15.7 Å². The summed E-state index contributed by atoms with van der Waals surface area (Å²) in [6.45, 7) is 0. The highest BCUT2D eigenvalue weighted by molar-refractivity contribution is 7.95. The van der Waals surface area contributed by atoms with E-state index >= 15 is 0 Å². The number of benzene rings is 2. The molecule has 0 amide bonds. The van der Waals surface area contributed by atoms with Gasteiger partial charge >= 0.3 is 0 Å². The average Bonchev–Trinajstić information content (AvgIpc) is 2.26. The van der Waals surface area contributed by atoms with Gasteiger partial charge in [-0.1, -0.05) is 30.3 Å². The fourth-order valence-corrected chi connectivity index (χ4v) is 2.53. The molecule has 0 heterocycles. The topological polar surface area (TPSA) is 57.2 Å². The summed E-state index contributed by atoms with van der Waals surface area (Å²) in [5.74, 6) is 0. The average molecular weight is 284 g/mol. The van der Waals surface area contributed by atoms with Crippen molar-refractivity contribution in [2.45, 2.75) is 4.90 Å². The molecule has 0 unspecified atom stereocenters. The molecule has 0 radical (unpaired) electrons. The van der Waals surface area contributed by atoms with Crippen molar-refractivity contribution >= 4 is 31.8 Å². The van der Waals surface area contributed by atoms with Crippen LogP contribution >= 0.6 is 0 Å². The van der Waals surface area contributed by atoms with Crippen molar-refractivity contribution in [1.29, 1.82) is 0 Å². The third-order valence-electron chi connectivity index (χ3n) is 2.19. The van der Waals surface area contributed by atoms with E-state index in [1.54, 1.807) is 0 Å². The zero-order valence-corrected chi connectivity index (χ0v) is 12.2. The highest BCUT2D eigenvalue weighted by atomic mass is 32.2. The second-order valence-electron chi connectivity index (χ2n) is 4.00. The Morgan fingerprint density at radius 3 is 2.06 bits per heavy atom. The lowest BCUT2D eigenvalue weighted by molar-refractivity contribution is 0.470. The molecule has 2 rings (SSSR count). The number of fused-ring (bicyclic) bond motifs is 1. The van der Waals surface area contributed by atoms with Crippen LogP contribution in [0.3, 0.4) is 0 Å².